The summed E-state index contributed by atoms with van der Waals surface area (Å²) in [5, 5.41) is 19.9. The fraction of sp³-hybridized carbons (Fsp3) is 0.0741. The molecule has 0 unspecified atom stereocenters. The van der Waals surface area contributed by atoms with Gasteiger partial charge in [0.2, 0.25) is 0 Å². The Balaban J connectivity index is 1.34. The van der Waals surface area contributed by atoms with Crippen LogP contribution in [0, 0.1) is 10.1 Å². The van der Waals surface area contributed by atoms with Gasteiger partial charge in [-0.05, 0) is 47.3 Å². The van der Waals surface area contributed by atoms with Crippen LogP contribution in [0.5, 0.6) is 11.5 Å². The van der Waals surface area contributed by atoms with E-state index in [1.807, 2.05) is 42.5 Å². The molecule has 0 heterocycles. The van der Waals surface area contributed by atoms with Crippen molar-refractivity contribution in [2.75, 3.05) is 19.0 Å². The molecular formula is C27H22N4O6. The fourth-order valence-corrected chi connectivity index (χ4v) is 3.50. The van der Waals surface area contributed by atoms with Crippen LogP contribution in [0.2, 0.25) is 0 Å². The van der Waals surface area contributed by atoms with Crippen LogP contribution in [-0.4, -0.2) is 36.7 Å². The van der Waals surface area contributed by atoms with Crippen LogP contribution >= 0.6 is 0 Å². The molecule has 0 aliphatic rings. The van der Waals surface area contributed by atoms with Gasteiger partial charge in [-0.25, -0.2) is 10.2 Å². The second-order valence-corrected chi connectivity index (χ2v) is 7.78. The maximum Gasteiger partial charge on any atom is 0.343 e. The number of hydrazone groups is 1. The molecule has 4 aromatic rings. The van der Waals surface area contributed by atoms with Crippen LogP contribution in [0.15, 0.2) is 90.0 Å². The predicted molar refractivity (Wildman–Crippen MR) is 139 cm³/mol. The molecule has 0 aromatic heterocycles. The summed E-state index contributed by atoms with van der Waals surface area (Å²) in [4.78, 5) is 34.8. The topological polar surface area (TPSA) is 132 Å². The molecule has 37 heavy (non-hydrogen) atoms. The zero-order valence-electron chi connectivity index (χ0n) is 19.7. The van der Waals surface area contributed by atoms with Crippen LogP contribution in [0.3, 0.4) is 0 Å². The summed E-state index contributed by atoms with van der Waals surface area (Å²) in [5.74, 6) is -0.597. The Kier molecular flexibility index (Phi) is 7.69. The van der Waals surface area contributed by atoms with Crippen molar-refractivity contribution < 1.29 is 24.0 Å². The summed E-state index contributed by atoms with van der Waals surface area (Å²) in [6.07, 6.45) is 1.43. The number of ether oxygens (including phenoxy) is 2. The molecule has 0 saturated heterocycles. The fourth-order valence-electron chi connectivity index (χ4n) is 3.50. The van der Waals surface area contributed by atoms with Gasteiger partial charge < -0.3 is 14.8 Å². The highest BCUT2D eigenvalue weighted by molar-refractivity contribution is 5.95. The first-order valence-corrected chi connectivity index (χ1v) is 11.1. The first-order chi connectivity index (χ1) is 17.9. The first-order valence-electron chi connectivity index (χ1n) is 11.1. The molecule has 0 aliphatic heterocycles. The standard InChI is InChI=1S/C27H22N4O6/c1-36-25-15-18(9-14-24(25)37-27(33)20-10-12-21(13-11-20)31(34)35)16-29-30-26(32)17-28-23-8-4-6-19-5-2-3-7-22(19)23/h2-16,28H,17H2,1H3,(H,30,32)/b29-16-. The largest absolute Gasteiger partial charge is 0.493 e. The van der Waals surface area contributed by atoms with Crippen molar-refractivity contribution in [3.05, 3.63) is 106 Å². The number of benzene rings is 4. The monoisotopic (exact) mass is 498 g/mol. The minimum Gasteiger partial charge on any atom is -0.493 e. The number of hydrogen-bond donors (Lipinski definition) is 2. The van der Waals surface area contributed by atoms with E-state index in [-0.39, 0.29) is 35.2 Å². The Morgan fingerprint density at radius 3 is 2.49 bits per heavy atom. The predicted octanol–water partition coefficient (Wildman–Crippen LogP) is 4.54. The summed E-state index contributed by atoms with van der Waals surface area (Å²) in [7, 11) is 1.42. The lowest BCUT2D eigenvalue weighted by Gasteiger charge is -2.10. The molecule has 0 radical (unpaired) electrons. The zero-order valence-corrected chi connectivity index (χ0v) is 19.7. The highest BCUT2D eigenvalue weighted by Gasteiger charge is 2.14. The number of hydrogen-bond acceptors (Lipinski definition) is 8. The SMILES string of the molecule is COc1cc(/C=N\NC(=O)CNc2cccc3ccccc23)ccc1OC(=O)c1ccc([N+](=O)[O-])cc1. The van der Waals surface area contributed by atoms with E-state index >= 15 is 0 Å². The quantitative estimate of drug-likeness (QED) is 0.114. The van der Waals surface area contributed by atoms with Crippen molar-refractivity contribution in [2.24, 2.45) is 5.10 Å². The van der Waals surface area contributed by atoms with E-state index in [1.165, 1.54) is 43.7 Å². The third-order valence-electron chi connectivity index (χ3n) is 5.34. The van der Waals surface area contributed by atoms with Crippen LogP contribution in [-0.2, 0) is 4.79 Å². The van der Waals surface area contributed by atoms with Gasteiger partial charge in [0, 0.05) is 23.2 Å². The Labute approximate surface area is 211 Å². The Morgan fingerprint density at radius 1 is 0.973 bits per heavy atom. The van der Waals surface area contributed by atoms with E-state index in [2.05, 4.69) is 15.8 Å². The van der Waals surface area contributed by atoms with Gasteiger partial charge in [-0.3, -0.25) is 14.9 Å². The van der Waals surface area contributed by atoms with Gasteiger partial charge >= 0.3 is 5.97 Å². The molecule has 0 aliphatic carbocycles. The van der Waals surface area contributed by atoms with Crippen LogP contribution in [0.4, 0.5) is 11.4 Å². The van der Waals surface area contributed by atoms with E-state index in [0.29, 0.717) is 5.56 Å². The number of amides is 1. The average Bonchev–Trinajstić information content (AvgIpc) is 2.92. The number of nitrogens with one attached hydrogen (secondary N) is 2. The number of nitro groups is 1. The number of carbonyl (C=O) groups excluding carboxylic acids is 2. The summed E-state index contributed by atoms with van der Waals surface area (Å²) >= 11 is 0. The number of carbonyl (C=O) groups is 2. The minimum atomic E-state index is -0.694. The molecule has 186 valence electrons. The third kappa shape index (κ3) is 6.25. The Bertz CT molecular complexity index is 1480. The van der Waals surface area contributed by atoms with E-state index < -0.39 is 10.9 Å². The summed E-state index contributed by atoms with van der Waals surface area (Å²) in [5.41, 5.74) is 3.92. The van der Waals surface area contributed by atoms with Crippen molar-refractivity contribution in [2.45, 2.75) is 0 Å². The average molecular weight is 498 g/mol. The van der Waals surface area contributed by atoms with E-state index in [4.69, 9.17) is 9.47 Å². The van der Waals surface area contributed by atoms with Gasteiger partial charge in [-0.1, -0.05) is 36.4 Å². The normalized spacial score (nSPS) is 10.7. The van der Waals surface area contributed by atoms with Crippen LogP contribution in [0.1, 0.15) is 15.9 Å². The number of esters is 1. The van der Waals surface area contributed by atoms with Crippen molar-refractivity contribution in [3.63, 3.8) is 0 Å². The number of methoxy groups -OCH3 is 1. The summed E-state index contributed by atoms with van der Waals surface area (Å²) < 4.78 is 10.7. The van der Waals surface area contributed by atoms with Crippen molar-refractivity contribution in [1.82, 2.24) is 5.43 Å². The Morgan fingerprint density at radius 2 is 1.73 bits per heavy atom. The minimum absolute atomic E-state index is 0.0339. The number of fused-ring (bicyclic) bond motifs is 1. The number of nitro benzene ring substituents is 1. The van der Waals surface area contributed by atoms with Crippen molar-refractivity contribution >= 4 is 40.2 Å². The highest BCUT2D eigenvalue weighted by Crippen LogP contribution is 2.28. The maximum atomic E-state index is 12.4. The lowest BCUT2D eigenvalue weighted by Crippen LogP contribution is -2.25. The molecule has 0 fully saturated rings. The van der Waals surface area contributed by atoms with Gasteiger partial charge in [0.05, 0.1) is 30.4 Å². The maximum absolute atomic E-state index is 12.4. The van der Waals surface area contributed by atoms with E-state index in [9.17, 15) is 19.7 Å². The molecule has 0 atom stereocenters. The summed E-state index contributed by atoms with van der Waals surface area (Å²) in [6.45, 7) is 0.0339. The number of nitrogens with zero attached hydrogens (tertiary/aromatic N) is 2. The molecule has 4 aromatic carbocycles. The van der Waals surface area contributed by atoms with Gasteiger partial charge in [0.25, 0.3) is 11.6 Å². The molecule has 0 bridgehead atoms. The molecule has 2 N–H and O–H groups in total. The molecule has 10 heteroatoms. The Hall–Kier alpha value is -5.25. The molecule has 0 saturated carbocycles. The smallest absolute Gasteiger partial charge is 0.343 e. The van der Waals surface area contributed by atoms with Gasteiger partial charge in [0.1, 0.15) is 0 Å². The second kappa shape index (κ2) is 11.5. The van der Waals surface area contributed by atoms with Gasteiger partial charge in [0.15, 0.2) is 11.5 Å². The molecule has 10 nitrogen and oxygen atoms in total. The lowest BCUT2D eigenvalue weighted by atomic mass is 10.1. The van der Waals surface area contributed by atoms with Crippen LogP contribution < -0.4 is 20.2 Å². The number of anilines is 1. The third-order valence-corrected chi connectivity index (χ3v) is 5.34. The van der Waals surface area contributed by atoms with Gasteiger partial charge in [-0.15, -0.1) is 0 Å². The molecule has 4 rings (SSSR count). The van der Waals surface area contributed by atoms with Crippen LogP contribution in [0.25, 0.3) is 10.8 Å². The molecular weight excluding hydrogens is 476 g/mol. The lowest BCUT2D eigenvalue weighted by molar-refractivity contribution is -0.384. The number of rotatable bonds is 9. The van der Waals surface area contributed by atoms with E-state index in [1.54, 1.807) is 12.1 Å². The zero-order chi connectivity index (χ0) is 26.2. The number of non-ortho nitro benzene ring substituents is 1. The second-order valence-electron chi connectivity index (χ2n) is 7.78. The van der Waals surface area contributed by atoms with E-state index in [0.717, 1.165) is 16.5 Å². The first kappa shape index (κ1) is 24.9. The molecule has 0 spiro atoms. The summed E-state index contributed by atoms with van der Waals surface area (Å²) in [6, 6.07) is 23.5. The van der Waals surface area contributed by atoms with Gasteiger partial charge in [-0.2, -0.15) is 5.10 Å². The molecule has 1 amide bonds. The van der Waals surface area contributed by atoms with Crippen molar-refractivity contribution in [3.8, 4) is 11.5 Å². The van der Waals surface area contributed by atoms with Crippen molar-refractivity contribution in [1.29, 1.82) is 0 Å². The highest BCUT2D eigenvalue weighted by atomic mass is 16.6.